The van der Waals surface area contributed by atoms with Crippen molar-refractivity contribution in [1.29, 1.82) is 0 Å². The lowest BCUT2D eigenvalue weighted by Crippen LogP contribution is -2.22. The topological polar surface area (TPSA) is 37.3 Å². The van der Waals surface area contributed by atoms with Crippen LogP contribution in [0.1, 0.15) is 47.8 Å². The van der Waals surface area contributed by atoms with E-state index in [1.165, 1.54) is 0 Å². The number of ketones is 1. The minimum absolute atomic E-state index is 0.0312. The van der Waals surface area contributed by atoms with Crippen molar-refractivity contribution in [2.45, 2.75) is 41.5 Å². The van der Waals surface area contributed by atoms with Crippen molar-refractivity contribution in [2.24, 2.45) is 5.41 Å². The van der Waals surface area contributed by atoms with Gasteiger partial charge in [0.05, 0.1) is 5.56 Å². The first-order chi connectivity index (χ1) is 7.59. The highest BCUT2D eigenvalue weighted by atomic mass is 79.9. The smallest absolute Gasteiger partial charge is 0.172 e. The zero-order valence-electron chi connectivity index (χ0n) is 11.2. The molecule has 0 heterocycles. The Bertz CT molecular complexity index is 453. The molecule has 0 bridgehead atoms. The largest absolute Gasteiger partial charge is 0.507 e. The molecular weight excluding hydrogens is 280 g/mol. The third kappa shape index (κ3) is 2.39. The van der Waals surface area contributed by atoms with Crippen LogP contribution in [0, 0.1) is 26.2 Å². The molecule has 1 rings (SSSR count). The SMILES string of the molecule is Cc1c(C)c(Br)c(C)c(C(=O)C(C)(C)C)c1O. The molecule has 0 fully saturated rings. The van der Waals surface area contributed by atoms with E-state index in [1.807, 2.05) is 41.5 Å². The monoisotopic (exact) mass is 298 g/mol. The number of carbonyl (C=O) groups excluding carboxylic acids is 1. The van der Waals surface area contributed by atoms with Crippen molar-refractivity contribution in [3.63, 3.8) is 0 Å². The van der Waals surface area contributed by atoms with Gasteiger partial charge in [-0.1, -0.05) is 36.7 Å². The molecule has 0 spiro atoms. The van der Waals surface area contributed by atoms with Crippen LogP contribution in [0.4, 0.5) is 0 Å². The first-order valence-corrected chi connectivity index (χ1v) is 6.41. The van der Waals surface area contributed by atoms with E-state index in [-0.39, 0.29) is 11.5 Å². The Kier molecular flexibility index (Phi) is 3.72. The van der Waals surface area contributed by atoms with Crippen LogP contribution in [-0.4, -0.2) is 10.9 Å². The molecule has 1 N–H and O–H groups in total. The summed E-state index contributed by atoms with van der Waals surface area (Å²) in [4.78, 5) is 12.3. The number of carbonyl (C=O) groups is 1. The molecule has 0 radical (unpaired) electrons. The normalized spacial score (nSPS) is 11.7. The minimum Gasteiger partial charge on any atom is -0.507 e. The van der Waals surface area contributed by atoms with E-state index in [0.717, 1.165) is 21.2 Å². The molecule has 0 saturated carbocycles. The maximum Gasteiger partial charge on any atom is 0.172 e. The lowest BCUT2D eigenvalue weighted by atomic mass is 9.83. The molecule has 2 nitrogen and oxygen atoms in total. The second-order valence-electron chi connectivity index (χ2n) is 5.49. The predicted octanol–water partition coefficient (Wildman–Crippen LogP) is 4.31. The van der Waals surface area contributed by atoms with Gasteiger partial charge in [-0.05, 0) is 37.5 Å². The van der Waals surface area contributed by atoms with E-state index in [1.54, 1.807) is 0 Å². The molecule has 0 aromatic heterocycles. The van der Waals surface area contributed by atoms with Crippen molar-refractivity contribution in [3.05, 3.63) is 26.7 Å². The van der Waals surface area contributed by atoms with E-state index in [9.17, 15) is 9.90 Å². The van der Waals surface area contributed by atoms with E-state index >= 15 is 0 Å². The Labute approximate surface area is 111 Å². The highest BCUT2D eigenvalue weighted by Gasteiger charge is 2.29. The molecule has 17 heavy (non-hydrogen) atoms. The van der Waals surface area contributed by atoms with Crippen molar-refractivity contribution >= 4 is 21.7 Å². The molecule has 0 atom stereocenters. The van der Waals surface area contributed by atoms with Gasteiger partial charge in [-0.3, -0.25) is 4.79 Å². The number of Topliss-reactive ketones (excluding diaryl/α,β-unsaturated/α-hetero) is 1. The van der Waals surface area contributed by atoms with E-state index in [0.29, 0.717) is 5.56 Å². The summed E-state index contributed by atoms with van der Waals surface area (Å²) >= 11 is 3.49. The van der Waals surface area contributed by atoms with E-state index < -0.39 is 5.41 Å². The Balaban J connectivity index is 3.62. The summed E-state index contributed by atoms with van der Waals surface area (Å²) in [6.07, 6.45) is 0. The van der Waals surface area contributed by atoms with Gasteiger partial charge in [-0.2, -0.15) is 0 Å². The zero-order chi connectivity index (χ0) is 13.5. The van der Waals surface area contributed by atoms with Crippen LogP contribution in [0.2, 0.25) is 0 Å². The summed E-state index contributed by atoms with van der Waals surface area (Å²) in [5, 5.41) is 10.2. The average Bonchev–Trinajstić information content (AvgIpc) is 2.22. The van der Waals surface area contributed by atoms with Crippen molar-refractivity contribution in [3.8, 4) is 5.75 Å². The van der Waals surface area contributed by atoms with Gasteiger partial charge in [0.15, 0.2) is 5.78 Å². The van der Waals surface area contributed by atoms with Crippen LogP contribution in [0.15, 0.2) is 4.47 Å². The predicted molar refractivity (Wildman–Crippen MR) is 73.8 cm³/mol. The van der Waals surface area contributed by atoms with Crippen molar-refractivity contribution in [2.75, 3.05) is 0 Å². The molecule has 0 aliphatic heterocycles. The fraction of sp³-hybridized carbons (Fsp3) is 0.500. The average molecular weight is 299 g/mol. The Morgan fingerprint density at radius 2 is 1.53 bits per heavy atom. The maximum absolute atomic E-state index is 12.3. The number of hydrogen-bond acceptors (Lipinski definition) is 2. The summed E-state index contributed by atoms with van der Waals surface area (Å²) in [7, 11) is 0. The van der Waals surface area contributed by atoms with Gasteiger partial charge in [0.25, 0.3) is 0 Å². The number of rotatable bonds is 1. The Morgan fingerprint density at radius 1 is 1.06 bits per heavy atom. The fourth-order valence-electron chi connectivity index (χ4n) is 1.75. The lowest BCUT2D eigenvalue weighted by Gasteiger charge is -2.21. The standard InChI is InChI=1S/C14H19BrO2/c1-7-8(2)12(16)10(9(3)11(7)15)13(17)14(4,5)6/h16H,1-6H3. The number of aromatic hydroxyl groups is 1. The van der Waals surface area contributed by atoms with E-state index in [4.69, 9.17) is 0 Å². The summed E-state index contributed by atoms with van der Waals surface area (Å²) in [6.45, 7) is 11.2. The summed E-state index contributed by atoms with van der Waals surface area (Å²) in [5.74, 6) is 0.0828. The minimum atomic E-state index is -0.497. The van der Waals surface area contributed by atoms with Crippen LogP contribution < -0.4 is 0 Å². The van der Waals surface area contributed by atoms with Crippen LogP contribution in [0.5, 0.6) is 5.75 Å². The number of hydrogen-bond donors (Lipinski definition) is 1. The quantitative estimate of drug-likeness (QED) is 0.785. The van der Waals surface area contributed by atoms with Crippen LogP contribution in [-0.2, 0) is 0 Å². The van der Waals surface area contributed by atoms with Gasteiger partial charge in [0, 0.05) is 9.89 Å². The second-order valence-corrected chi connectivity index (χ2v) is 6.28. The number of halogens is 1. The molecule has 94 valence electrons. The van der Waals surface area contributed by atoms with Gasteiger partial charge in [-0.15, -0.1) is 0 Å². The Morgan fingerprint density at radius 3 is 1.94 bits per heavy atom. The molecule has 0 aliphatic carbocycles. The second kappa shape index (κ2) is 4.45. The van der Waals surface area contributed by atoms with Crippen LogP contribution >= 0.6 is 15.9 Å². The maximum atomic E-state index is 12.3. The molecule has 1 aromatic carbocycles. The molecule has 3 heteroatoms. The highest BCUT2D eigenvalue weighted by molar-refractivity contribution is 9.10. The van der Waals surface area contributed by atoms with Gasteiger partial charge in [0.2, 0.25) is 0 Å². The number of phenolic OH excluding ortho intramolecular Hbond substituents is 1. The molecule has 0 aliphatic rings. The van der Waals surface area contributed by atoms with Gasteiger partial charge in [-0.25, -0.2) is 0 Å². The van der Waals surface area contributed by atoms with Crippen molar-refractivity contribution in [1.82, 2.24) is 0 Å². The van der Waals surface area contributed by atoms with Crippen LogP contribution in [0.25, 0.3) is 0 Å². The molecular formula is C14H19BrO2. The third-order valence-corrected chi connectivity index (χ3v) is 4.29. The first-order valence-electron chi connectivity index (χ1n) is 5.62. The molecule has 0 amide bonds. The summed E-state index contributed by atoms with van der Waals surface area (Å²) in [6, 6.07) is 0. The summed E-state index contributed by atoms with van der Waals surface area (Å²) in [5.41, 5.74) is 2.49. The number of benzene rings is 1. The third-order valence-electron chi connectivity index (χ3n) is 3.10. The number of phenols is 1. The molecule has 0 unspecified atom stereocenters. The van der Waals surface area contributed by atoms with Crippen molar-refractivity contribution < 1.29 is 9.90 Å². The highest BCUT2D eigenvalue weighted by Crippen LogP contribution is 2.38. The fourth-order valence-corrected chi connectivity index (χ4v) is 2.25. The summed E-state index contributed by atoms with van der Waals surface area (Å²) < 4.78 is 0.903. The van der Waals surface area contributed by atoms with Gasteiger partial charge < -0.3 is 5.11 Å². The Hall–Kier alpha value is -0.830. The molecule has 0 saturated heterocycles. The first kappa shape index (κ1) is 14.2. The zero-order valence-corrected chi connectivity index (χ0v) is 12.8. The van der Waals surface area contributed by atoms with E-state index in [2.05, 4.69) is 15.9 Å². The molecule has 1 aromatic rings. The lowest BCUT2D eigenvalue weighted by molar-refractivity contribution is 0.0854. The van der Waals surface area contributed by atoms with Gasteiger partial charge in [0.1, 0.15) is 5.75 Å². The van der Waals surface area contributed by atoms with Gasteiger partial charge >= 0.3 is 0 Å². The van der Waals surface area contributed by atoms with Crippen LogP contribution in [0.3, 0.4) is 0 Å².